The summed E-state index contributed by atoms with van der Waals surface area (Å²) >= 11 is 0. The number of ether oxygens (including phenoxy) is 2. The monoisotopic (exact) mass is 431 g/mol. The third kappa shape index (κ3) is 4.70. The molecule has 3 aromatic rings. The molecule has 0 saturated heterocycles. The van der Waals surface area contributed by atoms with Crippen molar-refractivity contribution in [3.05, 3.63) is 78.4 Å². The average Bonchev–Trinajstić information content (AvgIpc) is 2.81. The fourth-order valence-corrected chi connectivity index (χ4v) is 3.29. The summed E-state index contributed by atoms with van der Waals surface area (Å²) in [5.41, 5.74) is 1.93. The Morgan fingerprint density at radius 1 is 0.969 bits per heavy atom. The molecule has 0 atom stereocenters. The third-order valence-corrected chi connectivity index (χ3v) is 4.85. The van der Waals surface area contributed by atoms with Crippen LogP contribution in [0, 0.1) is 0 Å². The zero-order valence-electron chi connectivity index (χ0n) is 17.3. The molecule has 8 nitrogen and oxygen atoms in total. The van der Waals surface area contributed by atoms with Gasteiger partial charge >= 0.3 is 0 Å². The molecular weight excluding hydrogens is 410 g/mol. The standard InChI is InChI=1S/C24H21N3O5/c1-31-19-9-5-6-16(12-19)24(30)26-18-10-11-21-20(13-18)27(23(29)15-32-21)14-22(28)25-17-7-3-2-4-8-17/h2-13H,14-15H2,1H3,(H,25,28)(H,26,30). The molecule has 1 heterocycles. The first kappa shape index (κ1) is 20.9. The van der Waals surface area contributed by atoms with Gasteiger partial charge in [-0.15, -0.1) is 0 Å². The van der Waals surface area contributed by atoms with E-state index in [-0.39, 0.29) is 30.9 Å². The topological polar surface area (TPSA) is 97.0 Å². The van der Waals surface area contributed by atoms with Crippen LogP contribution in [0.4, 0.5) is 17.1 Å². The molecule has 4 rings (SSSR count). The Morgan fingerprint density at radius 2 is 1.78 bits per heavy atom. The molecule has 0 spiro atoms. The Bertz CT molecular complexity index is 1160. The Kier molecular flexibility index (Phi) is 6.03. The van der Waals surface area contributed by atoms with Crippen molar-refractivity contribution in [2.24, 2.45) is 0 Å². The molecule has 0 radical (unpaired) electrons. The van der Waals surface area contributed by atoms with E-state index < -0.39 is 0 Å². The van der Waals surface area contributed by atoms with Crippen LogP contribution in [0.5, 0.6) is 11.5 Å². The first-order valence-electron chi connectivity index (χ1n) is 9.91. The molecule has 3 amide bonds. The number of hydrogen-bond acceptors (Lipinski definition) is 5. The van der Waals surface area contributed by atoms with Gasteiger partial charge in [0, 0.05) is 16.9 Å². The van der Waals surface area contributed by atoms with E-state index in [1.165, 1.54) is 12.0 Å². The van der Waals surface area contributed by atoms with Gasteiger partial charge in [-0.25, -0.2) is 0 Å². The van der Waals surface area contributed by atoms with Crippen LogP contribution in [0.3, 0.4) is 0 Å². The van der Waals surface area contributed by atoms with Crippen LogP contribution in [0.15, 0.2) is 72.8 Å². The average molecular weight is 431 g/mol. The minimum atomic E-state index is -0.350. The summed E-state index contributed by atoms with van der Waals surface area (Å²) in [7, 11) is 1.53. The van der Waals surface area contributed by atoms with Gasteiger partial charge in [0.25, 0.3) is 11.8 Å². The van der Waals surface area contributed by atoms with E-state index in [2.05, 4.69) is 10.6 Å². The predicted octanol–water partition coefficient (Wildman–Crippen LogP) is 3.31. The summed E-state index contributed by atoms with van der Waals surface area (Å²) in [4.78, 5) is 39.0. The third-order valence-electron chi connectivity index (χ3n) is 4.85. The van der Waals surface area contributed by atoms with Crippen LogP contribution in [-0.4, -0.2) is 38.0 Å². The number of anilines is 3. The van der Waals surface area contributed by atoms with E-state index in [4.69, 9.17) is 9.47 Å². The molecule has 8 heteroatoms. The molecule has 0 aromatic heterocycles. The highest BCUT2D eigenvalue weighted by molar-refractivity contribution is 6.07. The van der Waals surface area contributed by atoms with E-state index in [9.17, 15) is 14.4 Å². The van der Waals surface area contributed by atoms with Crippen LogP contribution in [0.2, 0.25) is 0 Å². The van der Waals surface area contributed by atoms with Crippen molar-refractivity contribution in [3.63, 3.8) is 0 Å². The molecule has 0 unspecified atom stereocenters. The number of rotatable bonds is 6. The maximum Gasteiger partial charge on any atom is 0.265 e. The van der Waals surface area contributed by atoms with Crippen LogP contribution < -0.4 is 25.0 Å². The number of nitrogens with zero attached hydrogens (tertiary/aromatic N) is 1. The van der Waals surface area contributed by atoms with Crippen LogP contribution in [-0.2, 0) is 9.59 Å². The van der Waals surface area contributed by atoms with E-state index in [0.717, 1.165) is 0 Å². The van der Waals surface area contributed by atoms with E-state index >= 15 is 0 Å². The van der Waals surface area contributed by atoms with Crippen LogP contribution in [0.1, 0.15) is 10.4 Å². The van der Waals surface area contributed by atoms with Gasteiger partial charge in [-0.3, -0.25) is 19.3 Å². The Hall–Kier alpha value is -4.33. The highest BCUT2D eigenvalue weighted by Gasteiger charge is 2.28. The normalized spacial score (nSPS) is 12.4. The van der Waals surface area contributed by atoms with Gasteiger partial charge in [-0.1, -0.05) is 24.3 Å². The van der Waals surface area contributed by atoms with Gasteiger partial charge in [0.1, 0.15) is 18.0 Å². The fourth-order valence-electron chi connectivity index (χ4n) is 3.29. The highest BCUT2D eigenvalue weighted by atomic mass is 16.5. The number of benzene rings is 3. The van der Waals surface area contributed by atoms with Gasteiger partial charge in [-0.2, -0.15) is 0 Å². The Balaban J connectivity index is 1.52. The maximum absolute atomic E-state index is 12.6. The largest absolute Gasteiger partial charge is 0.497 e. The molecular formula is C24H21N3O5. The predicted molar refractivity (Wildman–Crippen MR) is 120 cm³/mol. The number of hydrogen-bond donors (Lipinski definition) is 2. The molecule has 3 aromatic carbocycles. The second-order valence-electron chi connectivity index (χ2n) is 7.05. The molecule has 1 aliphatic rings. The zero-order chi connectivity index (χ0) is 22.5. The van der Waals surface area contributed by atoms with Crippen LogP contribution >= 0.6 is 0 Å². The highest BCUT2D eigenvalue weighted by Crippen LogP contribution is 2.34. The number of nitrogens with one attached hydrogen (secondary N) is 2. The van der Waals surface area contributed by atoms with Gasteiger partial charge in [0.15, 0.2) is 6.61 Å². The molecule has 0 bridgehead atoms. The number of methoxy groups -OCH3 is 1. The van der Waals surface area contributed by atoms with Gasteiger partial charge < -0.3 is 20.1 Å². The number of amides is 3. The Morgan fingerprint density at radius 3 is 2.56 bits per heavy atom. The molecule has 0 aliphatic carbocycles. The summed E-state index contributed by atoms with van der Waals surface area (Å²) in [5, 5.41) is 5.56. The van der Waals surface area contributed by atoms with Crippen molar-refractivity contribution >= 4 is 34.8 Å². The lowest BCUT2D eigenvalue weighted by atomic mass is 10.1. The van der Waals surface area contributed by atoms with Crippen molar-refractivity contribution in [1.29, 1.82) is 0 Å². The molecule has 2 N–H and O–H groups in total. The van der Waals surface area contributed by atoms with Gasteiger partial charge in [0.05, 0.1) is 12.8 Å². The minimum absolute atomic E-state index is 0.166. The van der Waals surface area contributed by atoms with Gasteiger partial charge in [-0.05, 0) is 48.5 Å². The van der Waals surface area contributed by atoms with E-state index in [1.54, 1.807) is 54.6 Å². The van der Waals surface area contributed by atoms with Gasteiger partial charge in [0.2, 0.25) is 5.91 Å². The Labute approximate surface area is 184 Å². The van der Waals surface area contributed by atoms with E-state index in [0.29, 0.717) is 34.1 Å². The first-order chi connectivity index (χ1) is 15.5. The molecule has 0 saturated carbocycles. The van der Waals surface area contributed by atoms with Crippen LogP contribution in [0.25, 0.3) is 0 Å². The number of fused-ring (bicyclic) bond motifs is 1. The van der Waals surface area contributed by atoms with E-state index in [1.807, 2.05) is 18.2 Å². The summed E-state index contributed by atoms with van der Waals surface area (Å²) in [6.45, 7) is -0.349. The fraction of sp³-hybridized carbons (Fsp3) is 0.125. The van der Waals surface area contributed by atoms with Crippen molar-refractivity contribution in [2.45, 2.75) is 0 Å². The second-order valence-corrected chi connectivity index (χ2v) is 7.05. The molecule has 0 fully saturated rings. The lowest BCUT2D eigenvalue weighted by Gasteiger charge is -2.29. The number of carbonyl (C=O) groups excluding carboxylic acids is 3. The summed E-state index contributed by atoms with van der Waals surface area (Å²) in [5.74, 6) is -0.00494. The maximum atomic E-state index is 12.6. The summed E-state index contributed by atoms with van der Waals surface area (Å²) < 4.78 is 10.6. The van der Waals surface area contributed by atoms with Crippen molar-refractivity contribution in [3.8, 4) is 11.5 Å². The molecule has 162 valence electrons. The first-order valence-corrected chi connectivity index (χ1v) is 9.91. The molecule has 32 heavy (non-hydrogen) atoms. The molecule has 1 aliphatic heterocycles. The van der Waals surface area contributed by atoms with Crippen molar-refractivity contribution in [2.75, 3.05) is 35.8 Å². The lowest BCUT2D eigenvalue weighted by molar-refractivity contribution is -0.123. The summed E-state index contributed by atoms with van der Waals surface area (Å²) in [6, 6.07) is 20.7. The van der Waals surface area contributed by atoms with Crippen molar-refractivity contribution < 1.29 is 23.9 Å². The zero-order valence-corrected chi connectivity index (χ0v) is 17.3. The van der Waals surface area contributed by atoms with Crippen molar-refractivity contribution in [1.82, 2.24) is 0 Å². The lowest BCUT2D eigenvalue weighted by Crippen LogP contribution is -2.43. The number of carbonyl (C=O) groups is 3. The SMILES string of the molecule is COc1cccc(C(=O)Nc2ccc3c(c2)N(CC(=O)Nc2ccccc2)C(=O)CO3)c1. The smallest absolute Gasteiger partial charge is 0.265 e. The number of para-hydroxylation sites is 1. The summed E-state index contributed by atoms with van der Waals surface area (Å²) in [6.07, 6.45) is 0. The minimum Gasteiger partial charge on any atom is -0.497 e. The second kappa shape index (κ2) is 9.22. The quantitative estimate of drug-likeness (QED) is 0.624.